The quantitative estimate of drug-likeness (QED) is 0.797. The van der Waals surface area contributed by atoms with Crippen molar-refractivity contribution < 1.29 is 9.90 Å². The molecular formula is C18H23ClN2O2. The van der Waals surface area contributed by atoms with Gasteiger partial charge in [-0.15, -0.1) is 0 Å². The van der Waals surface area contributed by atoms with Crippen molar-refractivity contribution >= 4 is 28.4 Å². The fraction of sp³-hybridized carbons (Fsp3) is 0.500. The molecule has 0 bridgehead atoms. The van der Waals surface area contributed by atoms with Crippen LogP contribution in [0.15, 0.2) is 18.2 Å². The molecule has 1 fully saturated rings. The first-order chi connectivity index (χ1) is 11.0. The van der Waals surface area contributed by atoms with Crippen LogP contribution in [0.4, 0.5) is 0 Å². The molecule has 1 saturated carbocycles. The minimum atomic E-state index is -0.495. The summed E-state index contributed by atoms with van der Waals surface area (Å²) in [5.41, 5.74) is 3.09. The monoisotopic (exact) mass is 334 g/mol. The van der Waals surface area contributed by atoms with Gasteiger partial charge in [0, 0.05) is 21.6 Å². The molecule has 1 aromatic heterocycles. The molecule has 124 valence electrons. The van der Waals surface area contributed by atoms with E-state index in [1.165, 1.54) is 0 Å². The molecule has 3 N–H and O–H groups in total. The van der Waals surface area contributed by atoms with Crippen LogP contribution in [-0.4, -0.2) is 22.1 Å². The standard InChI is InChI=1S/C18H23ClN2O2/c1-10(2)14-8-16-11(7-15(14)19)6-12(21-16)9-20-18(23)13-4-3-5-17(13)22/h6-8,10,13,17,21-22H,3-5,9H2,1-2H3,(H,20,23). The summed E-state index contributed by atoms with van der Waals surface area (Å²) in [5, 5.41) is 14.5. The fourth-order valence-corrected chi connectivity index (χ4v) is 3.72. The summed E-state index contributed by atoms with van der Waals surface area (Å²) in [7, 11) is 0. The van der Waals surface area contributed by atoms with Crippen molar-refractivity contribution in [2.45, 2.75) is 51.7 Å². The SMILES string of the molecule is CC(C)c1cc2[nH]c(CNC(=O)C3CCCC3O)cc2cc1Cl. The highest BCUT2D eigenvalue weighted by molar-refractivity contribution is 6.32. The average molecular weight is 335 g/mol. The number of aromatic nitrogens is 1. The summed E-state index contributed by atoms with van der Waals surface area (Å²) in [6.45, 7) is 4.67. The van der Waals surface area contributed by atoms with Crippen LogP contribution < -0.4 is 5.32 Å². The van der Waals surface area contributed by atoms with E-state index in [-0.39, 0.29) is 11.8 Å². The van der Waals surface area contributed by atoms with E-state index >= 15 is 0 Å². The lowest BCUT2D eigenvalue weighted by atomic mass is 10.0. The molecule has 1 aromatic carbocycles. The summed E-state index contributed by atoms with van der Waals surface area (Å²) >= 11 is 6.33. The molecule has 0 aliphatic heterocycles. The number of rotatable bonds is 4. The molecule has 2 aromatic rings. The number of fused-ring (bicyclic) bond motifs is 1. The van der Waals surface area contributed by atoms with Crippen molar-refractivity contribution in [2.75, 3.05) is 0 Å². The summed E-state index contributed by atoms with van der Waals surface area (Å²) in [5.74, 6) is 0.0399. The number of hydrogen-bond donors (Lipinski definition) is 3. The summed E-state index contributed by atoms with van der Waals surface area (Å²) < 4.78 is 0. The highest BCUT2D eigenvalue weighted by atomic mass is 35.5. The van der Waals surface area contributed by atoms with Gasteiger partial charge in [-0.1, -0.05) is 25.4 Å². The Morgan fingerprint density at radius 1 is 1.39 bits per heavy atom. The second-order valence-electron chi connectivity index (χ2n) is 6.73. The van der Waals surface area contributed by atoms with E-state index in [4.69, 9.17) is 11.6 Å². The molecular weight excluding hydrogens is 312 g/mol. The molecule has 5 heteroatoms. The number of aliphatic hydroxyl groups is 1. The lowest BCUT2D eigenvalue weighted by molar-refractivity contribution is -0.127. The molecule has 1 aliphatic rings. The molecule has 0 spiro atoms. The number of H-pyrrole nitrogens is 1. The van der Waals surface area contributed by atoms with Gasteiger partial charge in [0.1, 0.15) is 0 Å². The van der Waals surface area contributed by atoms with Crippen LogP contribution >= 0.6 is 11.6 Å². The molecule has 3 rings (SSSR count). The van der Waals surface area contributed by atoms with E-state index in [2.05, 4.69) is 30.2 Å². The third-order valence-corrected chi connectivity index (χ3v) is 5.01. The smallest absolute Gasteiger partial charge is 0.226 e. The topological polar surface area (TPSA) is 65.1 Å². The number of benzene rings is 1. The highest BCUT2D eigenvalue weighted by Crippen LogP contribution is 2.30. The summed E-state index contributed by atoms with van der Waals surface area (Å²) in [4.78, 5) is 15.5. The molecule has 0 radical (unpaired) electrons. The molecule has 1 heterocycles. The van der Waals surface area contributed by atoms with E-state index in [1.54, 1.807) is 0 Å². The van der Waals surface area contributed by atoms with Gasteiger partial charge >= 0.3 is 0 Å². The molecule has 0 saturated heterocycles. The molecule has 23 heavy (non-hydrogen) atoms. The number of carbonyl (C=O) groups is 1. The summed E-state index contributed by atoms with van der Waals surface area (Å²) in [6.07, 6.45) is 1.92. The average Bonchev–Trinajstić information content (AvgIpc) is 3.09. The summed E-state index contributed by atoms with van der Waals surface area (Å²) in [6, 6.07) is 6.06. The van der Waals surface area contributed by atoms with Crippen LogP contribution in [0.5, 0.6) is 0 Å². The Bertz CT molecular complexity index is 723. The Kier molecular flexibility index (Phi) is 4.64. The number of aliphatic hydroxyl groups excluding tert-OH is 1. The lowest BCUT2D eigenvalue weighted by Crippen LogP contribution is -2.34. The number of aromatic amines is 1. The van der Waals surface area contributed by atoms with E-state index in [9.17, 15) is 9.90 Å². The van der Waals surface area contributed by atoms with Crippen LogP contribution in [0.2, 0.25) is 5.02 Å². The predicted octanol–water partition coefficient (Wildman–Crippen LogP) is 3.72. The number of nitrogens with one attached hydrogen (secondary N) is 2. The van der Waals surface area contributed by atoms with Gasteiger partial charge in [0.15, 0.2) is 0 Å². The van der Waals surface area contributed by atoms with Crippen LogP contribution in [0, 0.1) is 5.92 Å². The van der Waals surface area contributed by atoms with Crippen molar-refractivity contribution in [1.82, 2.24) is 10.3 Å². The van der Waals surface area contributed by atoms with Gasteiger partial charge in [0.05, 0.1) is 18.6 Å². The minimum Gasteiger partial charge on any atom is -0.392 e. The number of carbonyl (C=O) groups excluding carboxylic acids is 1. The zero-order chi connectivity index (χ0) is 16.6. The molecule has 4 nitrogen and oxygen atoms in total. The van der Waals surface area contributed by atoms with Crippen LogP contribution in [-0.2, 0) is 11.3 Å². The number of amides is 1. The first-order valence-corrected chi connectivity index (χ1v) is 8.60. The Morgan fingerprint density at radius 2 is 2.17 bits per heavy atom. The molecule has 2 atom stereocenters. The van der Waals surface area contributed by atoms with Crippen molar-refractivity contribution in [3.63, 3.8) is 0 Å². The maximum absolute atomic E-state index is 12.1. The van der Waals surface area contributed by atoms with Crippen molar-refractivity contribution in [3.8, 4) is 0 Å². The van der Waals surface area contributed by atoms with Gasteiger partial charge in [-0.3, -0.25) is 4.79 Å². The van der Waals surface area contributed by atoms with Crippen molar-refractivity contribution in [2.24, 2.45) is 5.92 Å². The van der Waals surface area contributed by atoms with Crippen molar-refractivity contribution in [3.05, 3.63) is 34.5 Å². The maximum Gasteiger partial charge on any atom is 0.226 e. The minimum absolute atomic E-state index is 0.0606. The van der Waals surface area contributed by atoms with Crippen molar-refractivity contribution in [1.29, 1.82) is 0 Å². The predicted molar refractivity (Wildman–Crippen MR) is 92.6 cm³/mol. The zero-order valence-corrected chi connectivity index (χ0v) is 14.3. The molecule has 2 unspecified atom stereocenters. The molecule has 1 amide bonds. The Morgan fingerprint density at radius 3 is 2.83 bits per heavy atom. The fourth-order valence-electron chi connectivity index (χ4n) is 3.33. The van der Waals surface area contributed by atoms with Gasteiger partial charge in [-0.05, 0) is 48.9 Å². The van der Waals surface area contributed by atoms with Gasteiger partial charge in [0.2, 0.25) is 5.91 Å². The van der Waals surface area contributed by atoms with E-state index in [0.29, 0.717) is 12.5 Å². The first-order valence-electron chi connectivity index (χ1n) is 8.22. The highest BCUT2D eigenvalue weighted by Gasteiger charge is 2.31. The maximum atomic E-state index is 12.1. The van der Waals surface area contributed by atoms with Crippen LogP contribution in [0.3, 0.4) is 0 Å². The van der Waals surface area contributed by atoms with Gasteiger partial charge < -0.3 is 15.4 Å². The van der Waals surface area contributed by atoms with E-state index in [0.717, 1.165) is 46.4 Å². The van der Waals surface area contributed by atoms with Gasteiger partial charge in [0.25, 0.3) is 0 Å². The lowest BCUT2D eigenvalue weighted by Gasteiger charge is -2.13. The number of hydrogen-bond acceptors (Lipinski definition) is 2. The third kappa shape index (κ3) is 3.38. The second-order valence-corrected chi connectivity index (χ2v) is 7.14. The normalized spacial score (nSPS) is 21.3. The first kappa shape index (κ1) is 16.3. The van der Waals surface area contributed by atoms with Crippen LogP contribution in [0.25, 0.3) is 10.9 Å². The zero-order valence-electron chi connectivity index (χ0n) is 13.5. The Hall–Kier alpha value is -1.52. The van der Waals surface area contributed by atoms with Crippen LogP contribution in [0.1, 0.15) is 50.3 Å². The third-order valence-electron chi connectivity index (χ3n) is 4.69. The second kappa shape index (κ2) is 6.54. The largest absolute Gasteiger partial charge is 0.392 e. The van der Waals surface area contributed by atoms with Gasteiger partial charge in [-0.2, -0.15) is 0 Å². The van der Waals surface area contributed by atoms with E-state index in [1.807, 2.05) is 12.1 Å². The Labute approximate surface area is 141 Å². The molecule has 1 aliphatic carbocycles. The van der Waals surface area contributed by atoms with Gasteiger partial charge in [-0.25, -0.2) is 0 Å². The Balaban J connectivity index is 1.72. The number of halogens is 1. The van der Waals surface area contributed by atoms with E-state index < -0.39 is 6.10 Å².